The third kappa shape index (κ3) is 4.28. The van der Waals surface area contributed by atoms with Crippen LogP contribution in [0.15, 0.2) is 24.5 Å². The van der Waals surface area contributed by atoms with Crippen molar-refractivity contribution in [3.05, 3.63) is 30.1 Å². The Morgan fingerprint density at radius 3 is 2.90 bits per heavy atom. The number of hydrogen-bond acceptors (Lipinski definition) is 6. The Kier molecular flexibility index (Phi) is 6.22. The fourth-order valence-electron chi connectivity index (χ4n) is 4.41. The lowest BCUT2D eigenvalue weighted by molar-refractivity contribution is -0.128. The Morgan fingerprint density at radius 1 is 1.30 bits per heavy atom. The molecule has 8 nitrogen and oxygen atoms in total. The van der Waals surface area contributed by atoms with Gasteiger partial charge >= 0.3 is 0 Å². The van der Waals surface area contributed by atoms with E-state index in [1.807, 2.05) is 23.0 Å². The molecular weight excluding hydrogens is 380 g/mol. The number of amides is 1. The topological polar surface area (TPSA) is 94.8 Å². The number of anilines is 2. The molecule has 1 fully saturated rings. The number of carbonyl (C=O) groups excluding carboxylic acids is 1. The van der Waals surface area contributed by atoms with E-state index in [4.69, 9.17) is 4.98 Å². The zero-order valence-electron chi connectivity index (χ0n) is 17.8. The molecular formula is C22H32N6O2. The van der Waals surface area contributed by atoms with Gasteiger partial charge in [0.05, 0.1) is 6.20 Å². The Bertz CT molecular complexity index is 924. The number of aryl methyl sites for hydroxylation is 1. The smallest absolute Gasteiger partial charge is 0.226 e. The summed E-state index contributed by atoms with van der Waals surface area (Å²) in [5.41, 5.74) is 1.94. The number of carbonyl (C=O) groups is 1. The maximum absolute atomic E-state index is 12.0. The molecule has 2 aliphatic rings. The van der Waals surface area contributed by atoms with E-state index in [0.717, 1.165) is 42.1 Å². The van der Waals surface area contributed by atoms with E-state index < -0.39 is 0 Å². The van der Waals surface area contributed by atoms with Crippen LogP contribution < -0.4 is 10.6 Å². The molecule has 2 aromatic heterocycles. The predicted molar refractivity (Wildman–Crippen MR) is 117 cm³/mol. The van der Waals surface area contributed by atoms with Crippen molar-refractivity contribution in [2.75, 3.05) is 30.8 Å². The first-order chi connectivity index (χ1) is 14.6. The summed E-state index contributed by atoms with van der Waals surface area (Å²) in [6.07, 6.45) is 11.6. The van der Waals surface area contributed by atoms with E-state index in [1.165, 1.54) is 12.8 Å². The molecule has 3 atom stereocenters. The molecule has 0 radical (unpaired) electrons. The van der Waals surface area contributed by atoms with Gasteiger partial charge in [0.25, 0.3) is 0 Å². The molecule has 1 aliphatic carbocycles. The molecule has 1 aliphatic heterocycles. The number of rotatable bonds is 7. The molecule has 3 N–H and O–H groups in total. The van der Waals surface area contributed by atoms with Gasteiger partial charge in [-0.3, -0.25) is 4.79 Å². The molecule has 2 aromatic rings. The minimum atomic E-state index is 0.131. The number of hydrogen-bond donors (Lipinski definition) is 3. The van der Waals surface area contributed by atoms with Gasteiger partial charge in [-0.2, -0.15) is 9.61 Å². The van der Waals surface area contributed by atoms with Gasteiger partial charge < -0.3 is 20.6 Å². The number of fused-ring (bicyclic) bond motifs is 1. The fraction of sp³-hybridized carbons (Fsp3) is 0.591. The number of aliphatic hydroxyl groups excluding tert-OH is 1. The highest BCUT2D eigenvalue weighted by molar-refractivity contribution is 5.78. The average molecular weight is 413 g/mol. The van der Waals surface area contributed by atoms with Crippen LogP contribution in [-0.2, 0) is 11.2 Å². The van der Waals surface area contributed by atoms with Gasteiger partial charge in [-0.1, -0.05) is 25.8 Å². The molecule has 0 saturated heterocycles. The highest BCUT2D eigenvalue weighted by atomic mass is 16.3. The normalized spacial score (nSPS) is 24.4. The van der Waals surface area contributed by atoms with Crippen molar-refractivity contribution < 1.29 is 9.90 Å². The SMILES string of the molecule is CCc1cnn2c(NCC3C=CN(C)C(=O)C3)cc(N[C@H]3CCCC[C@H]3CO)nc12. The van der Waals surface area contributed by atoms with Crippen LogP contribution in [0.5, 0.6) is 0 Å². The number of aromatic nitrogens is 3. The largest absolute Gasteiger partial charge is 0.396 e. The third-order valence-corrected chi connectivity index (χ3v) is 6.36. The standard InChI is InChI=1S/C22H32N6O2/c1-3-16-13-24-28-20(23-12-15-8-9-27(2)21(30)10-15)11-19(26-22(16)28)25-18-7-5-4-6-17(18)14-29/h8-9,11,13,15,17-18,23,29H,3-7,10,12,14H2,1-2H3,(H,25,26)/t15?,17-,18-/m0/s1. The van der Waals surface area contributed by atoms with E-state index in [9.17, 15) is 9.90 Å². The summed E-state index contributed by atoms with van der Waals surface area (Å²) in [7, 11) is 1.79. The van der Waals surface area contributed by atoms with Gasteiger partial charge in [-0.25, -0.2) is 4.98 Å². The van der Waals surface area contributed by atoms with Gasteiger partial charge in [0, 0.05) is 62.3 Å². The van der Waals surface area contributed by atoms with Crippen molar-refractivity contribution in [2.45, 2.75) is 51.5 Å². The molecule has 1 saturated carbocycles. The monoisotopic (exact) mass is 412 g/mol. The molecule has 1 amide bonds. The van der Waals surface area contributed by atoms with Crippen molar-refractivity contribution >= 4 is 23.2 Å². The summed E-state index contributed by atoms with van der Waals surface area (Å²) in [6, 6.07) is 2.22. The highest BCUT2D eigenvalue weighted by Crippen LogP contribution is 2.28. The van der Waals surface area contributed by atoms with Crippen LogP contribution >= 0.6 is 0 Å². The summed E-state index contributed by atoms with van der Waals surface area (Å²) < 4.78 is 1.84. The second-order valence-corrected chi connectivity index (χ2v) is 8.45. The maximum atomic E-state index is 12.0. The molecule has 0 bridgehead atoms. The summed E-state index contributed by atoms with van der Waals surface area (Å²) >= 11 is 0. The van der Waals surface area contributed by atoms with Crippen LogP contribution in [0.3, 0.4) is 0 Å². The lowest BCUT2D eigenvalue weighted by Gasteiger charge is -2.31. The molecule has 0 aromatic carbocycles. The Hall–Kier alpha value is -2.61. The third-order valence-electron chi connectivity index (χ3n) is 6.36. The van der Waals surface area contributed by atoms with Gasteiger partial charge in [0.1, 0.15) is 11.6 Å². The zero-order valence-corrected chi connectivity index (χ0v) is 17.8. The van der Waals surface area contributed by atoms with Gasteiger partial charge in [0.2, 0.25) is 5.91 Å². The van der Waals surface area contributed by atoms with Crippen molar-refractivity contribution in [3.8, 4) is 0 Å². The van der Waals surface area contributed by atoms with Crippen LogP contribution in [0.2, 0.25) is 0 Å². The van der Waals surface area contributed by atoms with Crippen LogP contribution in [0.1, 0.15) is 44.6 Å². The molecule has 4 rings (SSSR count). The fourth-order valence-corrected chi connectivity index (χ4v) is 4.41. The van der Waals surface area contributed by atoms with Crippen molar-refractivity contribution in [3.63, 3.8) is 0 Å². The van der Waals surface area contributed by atoms with E-state index in [1.54, 1.807) is 11.9 Å². The first-order valence-electron chi connectivity index (χ1n) is 11.0. The van der Waals surface area contributed by atoms with Crippen LogP contribution in [-0.4, -0.2) is 56.8 Å². The molecule has 0 spiro atoms. The summed E-state index contributed by atoms with van der Waals surface area (Å²) in [6.45, 7) is 2.96. The first kappa shape index (κ1) is 20.7. The van der Waals surface area contributed by atoms with Crippen molar-refractivity contribution in [1.82, 2.24) is 19.5 Å². The quantitative estimate of drug-likeness (QED) is 0.647. The van der Waals surface area contributed by atoms with E-state index in [2.05, 4.69) is 28.7 Å². The van der Waals surface area contributed by atoms with Gasteiger partial charge in [-0.15, -0.1) is 0 Å². The van der Waals surface area contributed by atoms with E-state index in [-0.39, 0.29) is 30.4 Å². The minimum absolute atomic E-state index is 0.131. The number of aliphatic hydroxyl groups is 1. The number of nitrogens with zero attached hydrogens (tertiary/aromatic N) is 4. The maximum Gasteiger partial charge on any atom is 0.226 e. The Labute approximate surface area is 177 Å². The Balaban J connectivity index is 1.57. The molecule has 3 heterocycles. The summed E-state index contributed by atoms with van der Waals surface area (Å²) in [4.78, 5) is 18.5. The average Bonchev–Trinajstić information content (AvgIpc) is 3.18. The first-order valence-corrected chi connectivity index (χ1v) is 11.0. The molecule has 1 unspecified atom stereocenters. The van der Waals surface area contributed by atoms with Crippen LogP contribution in [0.4, 0.5) is 11.6 Å². The second-order valence-electron chi connectivity index (χ2n) is 8.45. The second kappa shape index (κ2) is 9.04. The molecule has 162 valence electrons. The predicted octanol–water partition coefficient (Wildman–Crippen LogP) is 2.66. The van der Waals surface area contributed by atoms with E-state index >= 15 is 0 Å². The van der Waals surface area contributed by atoms with Crippen molar-refractivity contribution in [1.29, 1.82) is 0 Å². The van der Waals surface area contributed by atoms with Crippen LogP contribution in [0.25, 0.3) is 5.65 Å². The number of nitrogens with one attached hydrogen (secondary N) is 2. The highest BCUT2D eigenvalue weighted by Gasteiger charge is 2.25. The zero-order chi connectivity index (χ0) is 21.1. The van der Waals surface area contributed by atoms with Crippen molar-refractivity contribution in [2.24, 2.45) is 11.8 Å². The van der Waals surface area contributed by atoms with Gasteiger partial charge in [0.15, 0.2) is 5.65 Å². The van der Waals surface area contributed by atoms with Gasteiger partial charge in [-0.05, 0) is 19.3 Å². The lowest BCUT2D eigenvalue weighted by Crippen LogP contribution is -2.34. The summed E-state index contributed by atoms with van der Waals surface area (Å²) in [5, 5.41) is 21.4. The van der Waals surface area contributed by atoms with E-state index in [0.29, 0.717) is 13.0 Å². The molecule has 8 heteroatoms. The minimum Gasteiger partial charge on any atom is -0.396 e. The Morgan fingerprint density at radius 2 is 2.13 bits per heavy atom. The van der Waals surface area contributed by atoms with Crippen LogP contribution in [0, 0.1) is 11.8 Å². The lowest BCUT2D eigenvalue weighted by atomic mass is 9.85. The molecule has 30 heavy (non-hydrogen) atoms. The summed E-state index contributed by atoms with van der Waals surface area (Å²) in [5.74, 6) is 2.20.